The summed E-state index contributed by atoms with van der Waals surface area (Å²) in [6.45, 7) is 0. The molecular formula is C19H16IN5O2S. The van der Waals surface area contributed by atoms with E-state index in [1.165, 1.54) is 11.3 Å². The van der Waals surface area contributed by atoms with Gasteiger partial charge in [-0.15, -0.1) is 11.3 Å². The molecule has 142 valence electrons. The molecule has 0 aliphatic heterocycles. The zero-order valence-electron chi connectivity index (χ0n) is 14.5. The third-order valence-corrected chi connectivity index (χ3v) is 5.59. The zero-order valence-corrected chi connectivity index (χ0v) is 17.5. The van der Waals surface area contributed by atoms with Crippen LogP contribution in [0.25, 0.3) is 0 Å². The third kappa shape index (κ3) is 4.73. The Balaban J connectivity index is 1.70. The maximum Gasteiger partial charge on any atom is 0.269 e. The summed E-state index contributed by atoms with van der Waals surface area (Å²) in [6.07, 6.45) is 1.71. The number of carbonyl (C=O) groups excluding carboxylic acids is 2. The number of rotatable bonds is 6. The van der Waals surface area contributed by atoms with E-state index in [1.807, 2.05) is 6.07 Å². The van der Waals surface area contributed by atoms with Gasteiger partial charge in [0.05, 0.1) is 5.69 Å². The number of hydrogen-bond donors (Lipinski definition) is 4. The Bertz CT molecular complexity index is 1020. The number of nitrogens with one attached hydrogen (secondary N) is 3. The Hall–Kier alpha value is -2.79. The molecule has 28 heavy (non-hydrogen) atoms. The minimum absolute atomic E-state index is 0.0659. The van der Waals surface area contributed by atoms with Gasteiger partial charge in [0, 0.05) is 21.8 Å². The second-order valence-electron chi connectivity index (χ2n) is 5.75. The van der Waals surface area contributed by atoms with Crippen molar-refractivity contribution in [3.8, 4) is 0 Å². The van der Waals surface area contributed by atoms with E-state index in [4.69, 9.17) is 11.1 Å². The Labute approximate surface area is 179 Å². The third-order valence-electron chi connectivity index (χ3n) is 3.80. The number of nitrogens with two attached hydrogens (primary N) is 1. The number of carbonyl (C=O) groups is 2. The molecule has 0 aliphatic carbocycles. The van der Waals surface area contributed by atoms with Gasteiger partial charge in [-0.2, -0.15) is 0 Å². The summed E-state index contributed by atoms with van der Waals surface area (Å²) >= 11 is 3.47. The fourth-order valence-electron chi connectivity index (χ4n) is 2.33. The molecule has 0 spiro atoms. The molecule has 5 N–H and O–H groups in total. The topological polar surface area (TPSA) is 121 Å². The quantitative estimate of drug-likeness (QED) is 0.176. The lowest BCUT2D eigenvalue weighted by molar-refractivity contribution is 0.102. The second-order valence-corrected chi connectivity index (χ2v) is 7.43. The first-order valence-electron chi connectivity index (χ1n) is 8.13. The van der Waals surface area contributed by atoms with Crippen LogP contribution < -0.4 is 16.4 Å². The number of alkyl halides is 1. The highest BCUT2D eigenvalue weighted by Crippen LogP contribution is 2.24. The van der Waals surface area contributed by atoms with Crippen molar-refractivity contribution in [2.24, 2.45) is 5.73 Å². The average Bonchev–Trinajstić information content (AvgIpc) is 3.17. The highest BCUT2D eigenvalue weighted by atomic mass is 127. The van der Waals surface area contributed by atoms with E-state index in [2.05, 4.69) is 38.2 Å². The number of halogens is 1. The van der Waals surface area contributed by atoms with E-state index >= 15 is 0 Å². The van der Waals surface area contributed by atoms with E-state index < -0.39 is 0 Å². The standard InChI is InChI=1S/C19H16IN5O2S/c20-9-11-1-6-15(23-10-11)25-19(27)16-14(7-8-28-16)24-18(26)13-4-2-12(3-5-13)17(21)22/h1-8,10H,9H2,(H3,21,22)(H,24,26)(H,23,25,27). The minimum atomic E-state index is -0.355. The Morgan fingerprint density at radius 1 is 1.04 bits per heavy atom. The van der Waals surface area contributed by atoms with E-state index in [-0.39, 0.29) is 17.6 Å². The molecule has 0 saturated heterocycles. The number of nitrogens with zero attached hydrogens (tertiary/aromatic N) is 1. The van der Waals surface area contributed by atoms with Gasteiger partial charge < -0.3 is 16.4 Å². The Kier molecular flexibility index (Phi) is 6.37. The SMILES string of the molecule is N=C(N)c1ccc(C(=O)Nc2ccsc2C(=O)Nc2ccc(CI)cn2)cc1. The van der Waals surface area contributed by atoms with Crippen LogP contribution in [0, 0.1) is 5.41 Å². The smallest absolute Gasteiger partial charge is 0.269 e. The summed E-state index contributed by atoms with van der Waals surface area (Å²) in [5.41, 5.74) is 7.84. The van der Waals surface area contributed by atoms with E-state index in [1.54, 1.807) is 48.0 Å². The van der Waals surface area contributed by atoms with E-state index in [0.717, 1.165) is 9.99 Å². The van der Waals surface area contributed by atoms with Crippen LogP contribution in [-0.4, -0.2) is 22.6 Å². The Morgan fingerprint density at radius 3 is 2.36 bits per heavy atom. The molecule has 0 atom stereocenters. The predicted molar refractivity (Wildman–Crippen MR) is 120 cm³/mol. The van der Waals surface area contributed by atoms with Gasteiger partial charge in [-0.1, -0.05) is 40.8 Å². The molecule has 9 heteroatoms. The fourth-order valence-corrected chi connectivity index (χ4v) is 3.53. The molecule has 0 fully saturated rings. The summed E-state index contributed by atoms with van der Waals surface area (Å²) in [7, 11) is 0. The fraction of sp³-hybridized carbons (Fsp3) is 0.0526. The molecular weight excluding hydrogens is 489 g/mol. The second kappa shape index (κ2) is 8.93. The molecule has 3 rings (SSSR count). The molecule has 1 aromatic carbocycles. The zero-order chi connectivity index (χ0) is 20.1. The van der Waals surface area contributed by atoms with Crippen LogP contribution >= 0.6 is 33.9 Å². The number of benzene rings is 1. The summed E-state index contributed by atoms with van der Waals surface area (Å²) in [4.78, 5) is 29.6. The van der Waals surface area contributed by atoms with Crippen LogP contribution in [0.4, 0.5) is 11.5 Å². The lowest BCUT2D eigenvalue weighted by Crippen LogP contribution is -2.17. The van der Waals surface area contributed by atoms with Crippen molar-refractivity contribution in [2.45, 2.75) is 4.43 Å². The molecule has 0 unspecified atom stereocenters. The van der Waals surface area contributed by atoms with Gasteiger partial charge in [-0.25, -0.2) is 4.98 Å². The largest absolute Gasteiger partial charge is 0.384 e. The minimum Gasteiger partial charge on any atom is -0.384 e. The first-order chi connectivity index (χ1) is 13.5. The maximum absolute atomic E-state index is 12.6. The van der Waals surface area contributed by atoms with Crippen molar-refractivity contribution in [3.05, 3.63) is 75.6 Å². The van der Waals surface area contributed by atoms with Crippen LogP contribution in [0.5, 0.6) is 0 Å². The average molecular weight is 505 g/mol. The van der Waals surface area contributed by atoms with Crippen molar-refractivity contribution in [1.82, 2.24) is 4.98 Å². The van der Waals surface area contributed by atoms with E-state index in [0.29, 0.717) is 27.5 Å². The Morgan fingerprint density at radius 2 is 1.75 bits per heavy atom. The first-order valence-corrected chi connectivity index (χ1v) is 10.5. The van der Waals surface area contributed by atoms with Gasteiger partial charge in [0.25, 0.3) is 11.8 Å². The lowest BCUT2D eigenvalue weighted by Gasteiger charge is -2.08. The van der Waals surface area contributed by atoms with Gasteiger partial charge in [0.2, 0.25) is 0 Å². The molecule has 3 aromatic rings. The van der Waals surface area contributed by atoms with Crippen LogP contribution in [0.2, 0.25) is 0 Å². The van der Waals surface area contributed by atoms with Crippen LogP contribution in [0.3, 0.4) is 0 Å². The van der Waals surface area contributed by atoms with E-state index in [9.17, 15) is 9.59 Å². The lowest BCUT2D eigenvalue weighted by atomic mass is 10.1. The van der Waals surface area contributed by atoms with Gasteiger partial charge in [-0.05, 0) is 35.2 Å². The van der Waals surface area contributed by atoms with Crippen molar-refractivity contribution in [1.29, 1.82) is 5.41 Å². The van der Waals surface area contributed by atoms with Crippen molar-refractivity contribution >= 4 is 63.1 Å². The molecule has 2 amide bonds. The summed E-state index contributed by atoms with van der Waals surface area (Å²) in [6, 6.07) is 11.7. The predicted octanol–water partition coefficient (Wildman–Crippen LogP) is 3.87. The monoisotopic (exact) mass is 505 g/mol. The number of thiophene rings is 1. The molecule has 0 radical (unpaired) electrons. The number of amidine groups is 1. The molecule has 0 saturated carbocycles. The van der Waals surface area contributed by atoms with Gasteiger partial charge in [0.1, 0.15) is 16.5 Å². The highest BCUT2D eigenvalue weighted by Gasteiger charge is 2.17. The first kappa shape index (κ1) is 20.0. The van der Waals surface area contributed by atoms with Crippen molar-refractivity contribution in [2.75, 3.05) is 10.6 Å². The molecule has 7 nitrogen and oxygen atoms in total. The molecule has 2 heterocycles. The van der Waals surface area contributed by atoms with Crippen molar-refractivity contribution in [3.63, 3.8) is 0 Å². The summed E-state index contributed by atoms with van der Waals surface area (Å²) in [5.74, 6) is -0.313. The number of pyridine rings is 1. The number of aromatic nitrogens is 1. The highest BCUT2D eigenvalue weighted by molar-refractivity contribution is 14.1. The number of nitrogen functional groups attached to an aromatic ring is 1. The van der Waals surface area contributed by atoms with Crippen LogP contribution in [-0.2, 0) is 4.43 Å². The number of amides is 2. The number of hydrogen-bond acceptors (Lipinski definition) is 5. The van der Waals surface area contributed by atoms with Gasteiger partial charge >= 0.3 is 0 Å². The molecule has 0 bridgehead atoms. The normalized spacial score (nSPS) is 10.3. The molecule has 0 aliphatic rings. The van der Waals surface area contributed by atoms with Crippen LogP contribution in [0.1, 0.15) is 31.2 Å². The van der Waals surface area contributed by atoms with Crippen LogP contribution in [0.15, 0.2) is 54.0 Å². The number of anilines is 2. The van der Waals surface area contributed by atoms with Gasteiger partial charge in [-0.3, -0.25) is 15.0 Å². The summed E-state index contributed by atoms with van der Waals surface area (Å²) < 4.78 is 0.841. The van der Waals surface area contributed by atoms with Crippen molar-refractivity contribution < 1.29 is 9.59 Å². The summed E-state index contributed by atoms with van der Waals surface area (Å²) in [5, 5.41) is 14.6. The van der Waals surface area contributed by atoms with Gasteiger partial charge in [0.15, 0.2) is 0 Å². The molecule has 2 aromatic heterocycles. The maximum atomic E-state index is 12.6.